The normalized spacial score (nSPS) is 18.7. The van der Waals surface area contributed by atoms with E-state index in [4.69, 9.17) is 19.4 Å². The van der Waals surface area contributed by atoms with Crippen LogP contribution >= 0.6 is 0 Å². The predicted molar refractivity (Wildman–Crippen MR) is 127 cm³/mol. The smallest absolute Gasteiger partial charge is 0.137 e. The summed E-state index contributed by atoms with van der Waals surface area (Å²) in [6.07, 6.45) is 5.94. The summed E-state index contributed by atoms with van der Waals surface area (Å²) in [6.45, 7) is 5.88. The number of benzene rings is 1. The van der Waals surface area contributed by atoms with Crippen molar-refractivity contribution in [1.29, 1.82) is 0 Å². The number of anilines is 1. The predicted octanol–water partition coefficient (Wildman–Crippen LogP) is 4.98. The minimum absolute atomic E-state index is 0.193. The van der Waals surface area contributed by atoms with Gasteiger partial charge in [-0.05, 0) is 44.2 Å². The molecule has 0 unspecified atom stereocenters. The van der Waals surface area contributed by atoms with E-state index in [-0.39, 0.29) is 12.2 Å². The van der Waals surface area contributed by atoms with Crippen LogP contribution in [0.3, 0.4) is 0 Å². The first kappa shape index (κ1) is 20.4. The summed E-state index contributed by atoms with van der Waals surface area (Å²) in [6, 6.07) is 16.1. The second-order valence-corrected chi connectivity index (χ2v) is 8.19. The first-order valence-electron chi connectivity index (χ1n) is 10.9. The average molecular weight is 427 g/mol. The molecule has 1 aliphatic heterocycles. The summed E-state index contributed by atoms with van der Waals surface area (Å²) >= 11 is 0. The van der Waals surface area contributed by atoms with Crippen molar-refractivity contribution in [3.63, 3.8) is 0 Å². The van der Waals surface area contributed by atoms with Gasteiger partial charge in [0, 0.05) is 53.8 Å². The van der Waals surface area contributed by atoms with Crippen LogP contribution < -0.4 is 9.64 Å². The number of rotatable bonds is 4. The van der Waals surface area contributed by atoms with Crippen molar-refractivity contribution in [2.45, 2.75) is 26.1 Å². The van der Waals surface area contributed by atoms with Crippen molar-refractivity contribution in [3.05, 3.63) is 67.1 Å². The Kier molecular flexibility index (Phi) is 5.45. The summed E-state index contributed by atoms with van der Waals surface area (Å²) in [5, 5.41) is 0.952. The van der Waals surface area contributed by atoms with E-state index in [0.29, 0.717) is 0 Å². The van der Waals surface area contributed by atoms with E-state index in [0.717, 1.165) is 57.9 Å². The monoisotopic (exact) mass is 426 g/mol. The van der Waals surface area contributed by atoms with Crippen molar-refractivity contribution < 1.29 is 9.47 Å². The average Bonchev–Trinajstić information content (AvgIpc) is 2.83. The Morgan fingerprint density at radius 2 is 1.72 bits per heavy atom. The molecule has 3 aromatic heterocycles. The van der Waals surface area contributed by atoms with Crippen LogP contribution in [-0.4, -0.2) is 47.4 Å². The zero-order valence-electron chi connectivity index (χ0n) is 18.5. The van der Waals surface area contributed by atoms with Gasteiger partial charge in [0.25, 0.3) is 0 Å². The Morgan fingerprint density at radius 3 is 2.41 bits per heavy atom. The van der Waals surface area contributed by atoms with Gasteiger partial charge in [0.15, 0.2) is 0 Å². The molecule has 6 heteroatoms. The van der Waals surface area contributed by atoms with E-state index in [1.165, 1.54) is 0 Å². The van der Waals surface area contributed by atoms with E-state index < -0.39 is 0 Å². The maximum absolute atomic E-state index is 5.86. The van der Waals surface area contributed by atoms with Gasteiger partial charge in [0.2, 0.25) is 0 Å². The van der Waals surface area contributed by atoms with Gasteiger partial charge in [-0.25, -0.2) is 4.98 Å². The highest BCUT2D eigenvalue weighted by molar-refractivity contribution is 5.99. The molecule has 1 fully saturated rings. The van der Waals surface area contributed by atoms with Crippen LogP contribution in [0.15, 0.2) is 67.1 Å². The first-order valence-corrected chi connectivity index (χ1v) is 10.9. The fourth-order valence-corrected chi connectivity index (χ4v) is 4.45. The van der Waals surface area contributed by atoms with Gasteiger partial charge in [-0.3, -0.25) is 9.97 Å². The highest BCUT2D eigenvalue weighted by Crippen LogP contribution is 2.38. The van der Waals surface area contributed by atoms with Gasteiger partial charge in [-0.2, -0.15) is 0 Å². The van der Waals surface area contributed by atoms with Gasteiger partial charge in [-0.1, -0.05) is 18.2 Å². The fourth-order valence-electron chi connectivity index (χ4n) is 4.45. The molecule has 0 bridgehead atoms. The number of nitrogens with zero attached hydrogens (tertiary/aromatic N) is 4. The minimum atomic E-state index is 0.193. The molecule has 162 valence electrons. The molecule has 0 radical (unpaired) electrons. The maximum Gasteiger partial charge on any atom is 0.137 e. The molecule has 5 rings (SSSR count). The molecule has 32 heavy (non-hydrogen) atoms. The fraction of sp³-hybridized carbons (Fsp3) is 0.269. The van der Waals surface area contributed by atoms with Gasteiger partial charge in [-0.15, -0.1) is 0 Å². The molecule has 0 amide bonds. The van der Waals surface area contributed by atoms with Gasteiger partial charge in [0.05, 0.1) is 30.5 Å². The van der Waals surface area contributed by atoms with Crippen LogP contribution in [0.1, 0.15) is 13.8 Å². The molecule has 0 spiro atoms. The third-order valence-corrected chi connectivity index (χ3v) is 5.80. The molecule has 0 saturated carbocycles. The zero-order valence-corrected chi connectivity index (χ0v) is 18.5. The summed E-state index contributed by atoms with van der Waals surface area (Å²) < 4.78 is 11.7. The Balaban J connectivity index is 1.53. The number of ether oxygens (including phenoxy) is 2. The molecule has 4 aromatic rings. The van der Waals surface area contributed by atoms with E-state index in [1.54, 1.807) is 13.3 Å². The molecule has 1 aromatic carbocycles. The van der Waals surface area contributed by atoms with Crippen molar-refractivity contribution in [1.82, 2.24) is 15.0 Å². The first-order chi connectivity index (χ1) is 15.6. The lowest BCUT2D eigenvalue weighted by molar-refractivity contribution is -0.00545. The van der Waals surface area contributed by atoms with Gasteiger partial charge >= 0.3 is 0 Å². The lowest BCUT2D eigenvalue weighted by Gasteiger charge is -2.36. The lowest BCUT2D eigenvalue weighted by Crippen LogP contribution is -2.45. The Hall–Kier alpha value is -3.51. The third kappa shape index (κ3) is 3.78. The number of fused-ring (bicyclic) bond motifs is 1. The van der Waals surface area contributed by atoms with E-state index in [2.05, 4.69) is 35.9 Å². The van der Waals surface area contributed by atoms with Gasteiger partial charge < -0.3 is 14.4 Å². The number of aromatic nitrogens is 3. The van der Waals surface area contributed by atoms with Crippen molar-refractivity contribution >= 4 is 16.7 Å². The maximum atomic E-state index is 5.86. The summed E-state index contributed by atoms with van der Waals surface area (Å²) in [7, 11) is 1.70. The van der Waals surface area contributed by atoms with E-state index in [9.17, 15) is 0 Å². The molecule has 1 aliphatic rings. The Labute approximate surface area is 187 Å². The summed E-state index contributed by atoms with van der Waals surface area (Å²) in [4.78, 5) is 16.3. The summed E-state index contributed by atoms with van der Waals surface area (Å²) in [5.74, 6) is 1.75. The van der Waals surface area contributed by atoms with Crippen LogP contribution in [0.2, 0.25) is 0 Å². The minimum Gasteiger partial charge on any atom is -0.495 e. The number of para-hydroxylation sites is 1. The van der Waals surface area contributed by atoms with E-state index >= 15 is 0 Å². The highest BCUT2D eigenvalue weighted by Gasteiger charge is 2.23. The van der Waals surface area contributed by atoms with E-state index in [1.807, 2.05) is 48.8 Å². The lowest BCUT2D eigenvalue weighted by atomic mass is 10.0. The number of hydrogen-bond acceptors (Lipinski definition) is 6. The Morgan fingerprint density at radius 1 is 0.875 bits per heavy atom. The summed E-state index contributed by atoms with van der Waals surface area (Å²) in [5.41, 5.74) is 4.63. The molecule has 2 atom stereocenters. The number of pyridine rings is 3. The number of methoxy groups -OCH3 is 1. The number of hydrogen-bond donors (Lipinski definition) is 0. The van der Waals surface area contributed by atoms with Crippen molar-refractivity contribution in [2.75, 3.05) is 25.1 Å². The number of morpholine rings is 1. The molecular formula is C26H26N4O2. The van der Waals surface area contributed by atoms with Crippen LogP contribution in [0.4, 0.5) is 5.82 Å². The van der Waals surface area contributed by atoms with Gasteiger partial charge in [0.1, 0.15) is 11.6 Å². The zero-order chi connectivity index (χ0) is 22.1. The second-order valence-electron chi connectivity index (χ2n) is 8.19. The standard InChI is InChI=1S/C26H26N4O2/c1-17-15-30(16-18(2)32-17)24-11-10-19(13-28-24)22-14-29-25-20(23-9-4-5-12-27-23)7-6-8-21(25)26(22)31-3/h4-14,17-18H,15-16H2,1-3H3/t17-,18+. The molecule has 0 aliphatic carbocycles. The molecule has 0 N–H and O–H groups in total. The van der Waals surface area contributed by atoms with Crippen LogP contribution in [0.25, 0.3) is 33.3 Å². The van der Waals surface area contributed by atoms with Crippen molar-refractivity contribution in [3.8, 4) is 28.1 Å². The topological polar surface area (TPSA) is 60.4 Å². The van der Waals surface area contributed by atoms with Crippen LogP contribution in [0.5, 0.6) is 5.75 Å². The molecule has 1 saturated heterocycles. The van der Waals surface area contributed by atoms with Crippen LogP contribution in [0, 0.1) is 0 Å². The van der Waals surface area contributed by atoms with Crippen LogP contribution in [-0.2, 0) is 4.74 Å². The third-order valence-electron chi connectivity index (χ3n) is 5.80. The Bertz CT molecular complexity index is 1220. The quantitative estimate of drug-likeness (QED) is 0.459. The molecule has 6 nitrogen and oxygen atoms in total. The SMILES string of the molecule is COc1c(-c2ccc(N3C[C@@H](C)O[C@@H](C)C3)nc2)cnc2c(-c3ccccn3)cccc12. The van der Waals surface area contributed by atoms with Crippen molar-refractivity contribution in [2.24, 2.45) is 0 Å². The second kappa shape index (κ2) is 8.55. The molecular weight excluding hydrogens is 400 g/mol. The largest absolute Gasteiger partial charge is 0.495 e. The molecule has 4 heterocycles. The highest BCUT2D eigenvalue weighted by atomic mass is 16.5.